The summed E-state index contributed by atoms with van der Waals surface area (Å²) in [7, 11) is 1.43. The molecule has 0 saturated carbocycles. The van der Waals surface area contributed by atoms with E-state index >= 15 is 0 Å². The van der Waals surface area contributed by atoms with Gasteiger partial charge in [0.25, 0.3) is 17.7 Å². The normalized spacial score (nSPS) is 15.8. The van der Waals surface area contributed by atoms with Crippen LogP contribution in [0.15, 0.2) is 42.5 Å². The Morgan fingerprint density at radius 1 is 0.909 bits per heavy atom. The van der Waals surface area contributed by atoms with Crippen LogP contribution in [-0.4, -0.2) is 60.3 Å². The molecule has 0 radical (unpaired) electrons. The summed E-state index contributed by atoms with van der Waals surface area (Å²) < 4.78 is 10.6. The highest BCUT2D eigenvalue weighted by Crippen LogP contribution is 2.27. The minimum Gasteiger partial charge on any atom is -0.496 e. The summed E-state index contributed by atoms with van der Waals surface area (Å²) in [6.07, 6.45) is 4.10. The van der Waals surface area contributed by atoms with Gasteiger partial charge in [-0.3, -0.25) is 19.3 Å². The van der Waals surface area contributed by atoms with E-state index in [2.05, 4.69) is 0 Å². The Labute approximate surface area is 192 Å². The van der Waals surface area contributed by atoms with Crippen molar-refractivity contribution in [1.29, 1.82) is 0 Å². The number of carbonyl (C=O) groups excluding carboxylic acids is 4. The first-order valence-electron chi connectivity index (χ1n) is 11.1. The molecule has 0 aliphatic carbocycles. The number of ether oxygens (including phenoxy) is 2. The van der Waals surface area contributed by atoms with E-state index in [4.69, 9.17) is 9.47 Å². The molecule has 2 aliphatic heterocycles. The topological polar surface area (TPSA) is 93.2 Å². The maximum Gasteiger partial charge on any atom is 0.342 e. The summed E-state index contributed by atoms with van der Waals surface area (Å²) in [5, 5.41) is 0. The summed E-state index contributed by atoms with van der Waals surface area (Å²) in [5.41, 5.74) is 1.43. The van der Waals surface area contributed by atoms with Crippen LogP contribution in [-0.2, 0) is 16.1 Å². The molecule has 0 bridgehead atoms. The second kappa shape index (κ2) is 9.85. The van der Waals surface area contributed by atoms with E-state index in [1.54, 1.807) is 41.3 Å². The predicted octanol–water partition coefficient (Wildman–Crippen LogP) is 3.05. The third-order valence-electron chi connectivity index (χ3n) is 5.99. The van der Waals surface area contributed by atoms with Gasteiger partial charge in [0.2, 0.25) is 0 Å². The van der Waals surface area contributed by atoms with Crippen LogP contribution in [0.4, 0.5) is 0 Å². The molecule has 1 fully saturated rings. The van der Waals surface area contributed by atoms with Crippen molar-refractivity contribution in [2.24, 2.45) is 0 Å². The van der Waals surface area contributed by atoms with Crippen molar-refractivity contribution >= 4 is 23.7 Å². The molecule has 0 N–H and O–H groups in total. The Balaban J connectivity index is 1.45. The molecule has 33 heavy (non-hydrogen) atoms. The SMILES string of the molecule is COc1ccc(CN2C(=O)c3ccccc3C2=O)cc1C(=O)OCC(=O)N1CCCCCC1. The summed E-state index contributed by atoms with van der Waals surface area (Å²) >= 11 is 0. The van der Waals surface area contributed by atoms with Gasteiger partial charge >= 0.3 is 5.97 Å². The molecule has 0 unspecified atom stereocenters. The fraction of sp³-hybridized carbons (Fsp3) is 0.360. The van der Waals surface area contributed by atoms with Gasteiger partial charge in [-0.15, -0.1) is 0 Å². The lowest BCUT2D eigenvalue weighted by Crippen LogP contribution is -2.35. The van der Waals surface area contributed by atoms with Gasteiger partial charge in [-0.2, -0.15) is 0 Å². The van der Waals surface area contributed by atoms with Gasteiger partial charge in [0.05, 0.1) is 24.8 Å². The Kier molecular flexibility index (Phi) is 6.72. The molecule has 3 amide bonds. The number of rotatable bonds is 6. The molecule has 1 saturated heterocycles. The van der Waals surface area contributed by atoms with Crippen LogP contribution in [0.3, 0.4) is 0 Å². The molecule has 0 atom stereocenters. The Hall–Kier alpha value is -3.68. The summed E-state index contributed by atoms with van der Waals surface area (Å²) in [6.45, 7) is 1.01. The van der Waals surface area contributed by atoms with Crippen molar-refractivity contribution in [2.45, 2.75) is 32.2 Å². The van der Waals surface area contributed by atoms with Crippen molar-refractivity contribution in [1.82, 2.24) is 9.80 Å². The van der Waals surface area contributed by atoms with Gasteiger partial charge in [-0.25, -0.2) is 4.79 Å². The van der Waals surface area contributed by atoms with Crippen molar-refractivity contribution in [3.05, 3.63) is 64.7 Å². The smallest absolute Gasteiger partial charge is 0.342 e. The largest absolute Gasteiger partial charge is 0.496 e. The molecular weight excluding hydrogens is 424 g/mol. The molecular formula is C25H26N2O6. The lowest BCUT2D eigenvalue weighted by Gasteiger charge is -2.20. The lowest BCUT2D eigenvalue weighted by molar-refractivity contribution is -0.134. The number of hydrogen-bond donors (Lipinski definition) is 0. The number of imide groups is 1. The third kappa shape index (κ3) is 4.74. The number of benzene rings is 2. The van der Waals surface area contributed by atoms with E-state index in [0.717, 1.165) is 30.6 Å². The fourth-order valence-corrected chi connectivity index (χ4v) is 4.19. The van der Waals surface area contributed by atoms with Crippen LogP contribution >= 0.6 is 0 Å². The van der Waals surface area contributed by atoms with Crippen LogP contribution in [0.1, 0.15) is 62.3 Å². The van der Waals surface area contributed by atoms with Crippen LogP contribution < -0.4 is 4.74 Å². The number of methoxy groups -OCH3 is 1. The lowest BCUT2D eigenvalue weighted by atomic mass is 10.1. The number of carbonyl (C=O) groups is 4. The van der Waals surface area contributed by atoms with Gasteiger partial charge in [0.1, 0.15) is 11.3 Å². The first-order chi connectivity index (χ1) is 16.0. The Morgan fingerprint density at radius 2 is 1.55 bits per heavy atom. The molecule has 2 aliphatic rings. The number of nitrogens with zero attached hydrogens (tertiary/aromatic N) is 2. The standard InChI is InChI=1S/C25H26N2O6/c1-32-21-11-10-17(15-27-23(29)18-8-4-5-9-19(18)24(27)30)14-20(21)25(31)33-16-22(28)26-12-6-2-3-7-13-26/h4-5,8-11,14H,2-3,6-7,12-13,15-16H2,1H3. The highest BCUT2D eigenvalue weighted by atomic mass is 16.5. The maximum atomic E-state index is 12.8. The Morgan fingerprint density at radius 3 is 2.15 bits per heavy atom. The van der Waals surface area contributed by atoms with E-state index in [1.165, 1.54) is 13.2 Å². The molecule has 0 aromatic heterocycles. The van der Waals surface area contributed by atoms with Crippen LogP contribution in [0, 0.1) is 0 Å². The average Bonchev–Trinajstić information content (AvgIpc) is 3.03. The van der Waals surface area contributed by atoms with Crippen LogP contribution in [0.5, 0.6) is 5.75 Å². The third-order valence-corrected chi connectivity index (χ3v) is 5.99. The van der Waals surface area contributed by atoms with Crippen molar-refractivity contribution in [2.75, 3.05) is 26.8 Å². The maximum absolute atomic E-state index is 12.8. The quantitative estimate of drug-likeness (QED) is 0.496. The van der Waals surface area contributed by atoms with E-state index in [9.17, 15) is 19.2 Å². The molecule has 2 aromatic carbocycles. The van der Waals surface area contributed by atoms with E-state index in [-0.39, 0.29) is 42.2 Å². The zero-order valence-electron chi connectivity index (χ0n) is 18.5. The minimum absolute atomic E-state index is 0.00330. The predicted molar refractivity (Wildman–Crippen MR) is 119 cm³/mol. The highest BCUT2D eigenvalue weighted by molar-refractivity contribution is 6.21. The van der Waals surface area contributed by atoms with Crippen LogP contribution in [0.25, 0.3) is 0 Å². The average molecular weight is 450 g/mol. The van der Waals surface area contributed by atoms with E-state index < -0.39 is 5.97 Å². The zero-order valence-corrected chi connectivity index (χ0v) is 18.5. The second-order valence-corrected chi connectivity index (χ2v) is 8.15. The van der Waals surface area contributed by atoms with E-state index in [1.807, 2.05) is 0 Å². The van der Waals surface area contributed by atoms with Crippen molar-refractivity contribution in [3.8, 4) is 5.75 Å². The molecule has 4 rings (SSSR count). The summed E-state index contributed by atoms with van der Waals surface area (Å²) in [4.78, 5) is 53.4. The monoisotopic (exact) mass is 450 g/mol. The molecule has 8 heteroatoms. The van der Waals surface area contributed by atoms with Gasteiger partial charge < -0.3 is 14.4 Å². The minimum atomic E-state index is -0.695. The van der Waals surface area contributed by atoms with Crippen LogP contribution in [0.2, 0.25) is 0 Å². The molecule has 2 aromatic rings. The zero-order chi connectivity index (χ0) is 23.4. The Bertz CT molecular complexity index is 1050. The van der Waals surface area contributed by atoms with Gasteiger partial charge in [0.15, 0.2) is 6.61 Å². The summed E-state index contributed by atoms with van der Waals surface area (Å²) in [6, 6.07) is 11.5. The van der Waals surface area contributed by atoms with Gasteiger partial charge in [0, 0.05) is 13.1 Å². The number of likely N-dealkylation sites (tertiary alicyclic amines) is 1. The van der Waals surface area contributed by atoms with Gasteiger partial charge in [-0.05, 0) is 42.7 Å². The number of hydrogen-bond acceptors (Lipinski definition) is 6. The number of fused-ring (bicyclic) bond motifs is 1. The number of amides is 3. The second-order valence-electron chi connectivity index (χ2n) is 8.15. The molecule has 0 spiro atoms. The molecule has 2 heterocycles. The van der Waals surface area contributed by atoms with Crippen molar-refractivity contribution < 1.29 is 28.7 Å². The molecule has 8 nitrogen and oxygen atoms in total. The fourth-order valence-electron chi connectivity index (χ4n) is 4.19. The van der Waals surface area contributed by atoms with E-state index in [0.29, 0.717) is 29.8 Å². The number of esters is 1. The highest BCUT2D eigenvalue weighted by Gasteiger charge is 2.35. The first-order valence-corrected chi connectivity index (χ1v) is 11.1. The van der Waals surface area contributed by atoms with Gasteiger partial charge in [-0.1, -0.05) is 31.0 Å². The molecule has 172 valence electrons. The first kappa shape index (κ1) is 22.5. The summed E-state index contributed by atoms with van der Waals surface area (Å²) in [5.74, 6) is -1.38. The van der Waals surface area contributed by atoms with Crippen molar-refractivity contribution in [3.63, 3.8) is 0 Å².